The molecule has 0 bridgehead atoms. The topological polar surface area (TPSA) is 83.6 Å². The Hall–Kier alpha value is -1.85. The lowest BCUT2D eigenvalue weighted by molar-refractivity contribution is -0.113. The third-order valence-corrected chi connectivity index (χ3v) is 6.89. The molecule has 8 heteroatoms. The first-order chi connectivity index (χ1) is 13.1. The van der Waals surface area contributed by atoms with Crippen molar-refractivity contribution >= 4 is 34.0 Å². The molecule has 144 valence electrons. The number of rotatable bonds is 6. The number of aryl methyl sites for hydroxylation is 2. The molecule has 0 aromatic carbocycles. The summed E-state index contributed by atoms with van der Waals surface area (Å²) in [4.78, 5) is 13.8. The van der Waals surface area contributed by atoms with Gasteiger partial charge in [-0.15, -0.1) is 21.5 Å². The number of amides is 1. The van der Waals surface area contributed by atoms with Crippen LogP contribution in [0, 0.1) is 18.3 Å². The van der Waals surface area contributed by atoms with Gasteiger partial charge in [0, 0.05) is 11.4 Å². The summed E-state index contributed by atoms with van der Waals surface area (Å²) in [5.74, 6) is 1.02. The van der Waals surface area contributed by atoms with Gasteiger partial charge in [0.1, 0.15) is 16.9 Å². The first kappa shape index (κ1) is 19.9. The van der Waals surface area contributed by atoms with Crippen LogP contribution in [-0.4, -0.2) is 26.4 Å². The van der Waals surface area contributed by atoms with Gasteiger partial charge >= 0.3 is 0 Å². The highest BCUT2D eigenvalue weighted by Gasteiger charge is 2.21. The van der Waals surface area contributed by atoms with Crippen LogP contribution >= 0.6 is 23.1 Å². The number of hydrogen-bond acceptors (Lipinski definition) is 6. The van der Waals surface area contributed by atoms with Crippen molar-refractivity contribution in [2.75, 3.05) is 11.1 Å². The van der Waals surface area contributed by atoms with Gasteiger partial charge in [0.2, 0.25) is 5.91 Å². The minimum absolute atomic E-state index is 0.102. The van der Waals surface area contributed by atoms with Crippen molar-refractivity contribution < 1.29 is 4.79 Å². The van der Waals surface area contributed by atoms with Crippen molar-refractivity contribution in [2.24, 2.45) is 0 Å². The van der Waals surface area contributed by atoms with Crippen molar-refractivity contribution in [3.8, 4) is 6.07 Å². The lowest BCUT2D eigenvalue weighted by atomic mass is 9.97. The van der Waals surface area contributed by atoms with E-state index in [1.54, 1.807) is 11.3 Å². The summed E-state index contributed by atoms with van der Waals surface area (Å²) in [6, 6.07) is 2.32. The molecule has 2 heterocycles. The quantitative estimate of drug-likeness (QED) is 0.726. The van der Waals surface area contributed by atoms with Gasteiger partial charge in [0.05, 0.1) is 11.3 Å². The molecule has 2 aromatic rings. The maximum Gasteiger partial charge on any atom is 0.235 e. The molecule has 2 aromatic heterocycles. The lowest BCUT2D eigenvalue weighted by Gasteiger charge is -2.08. The zero-order chi connectivity index (χ0) is 19.2. The molecule has 27 heavy (non-hydrogen) atoms. The zero-order valence-corrected chi connectivity index (χ0v) is 17.5. The number of nitrogens with zero attached hydrogens (tertiary/aromatic N) is 4. The van der Waals surface area contributed by atoms with Crippen LogP contribution in [0.1, 0.15) is 60.9 Å². The summed E-state index contributed by atoms with van der Waals surface area (Å²) >= 11 is 2.97. The molecular formula is C19H25N5OS2. The predicted octanol–water partition coefficient (Wildman–Crippen LogP) is 4.32. The maximum absolute atomic E-state index is 12.5. The largest absolute Gasteiger partial charge is 0.316 e. The van der Waals surface area contributed by atoms with Crippen LogP contribution in [0.25, 0.3) is 0 Å². The van der Waals surface area contributed by atoms with Gasteiger partial charge in [-0.2, -0.15) is 5.26 Å². The molecule has 0 radical (unpaired) electrons. The van der Waals surface area contributed by atoms with E-state index in [1.165, 1.54) is 29.5 Å². The van der Waals surface area contributed by atoms with E-state index in [0.29, 0.717) is 10.6 Å². The number of thiophene rings is 1. The van der Waals surface area contributed by atoms with E-state index in [1.807, 2.05) is 11.5 Å². The van der Waals surface area contributed by atoms with Crippen LogP contribution in [0.2, 0.25) is 0 Å². The number of fused-ring (bicyclic) bond motifs is 1. The number of aromatic nitrogens is 3. The normalized spacial score (nSPS) is 14.1. The van der Waals surface area contributed by atoms with E-state index in [-0.39, 0.29) is 11.7 Å². The van der Waals surface area contributed by atoms with E-state index in [4.69, 9.17) is 0 Å². The Morgan fingerprint density at radius 3 is 2.81 bits per heavy atom. The predicted molar refractivity (Wildman–Crippen MR) is 109 cm³/mol. The molecule has 0 unspecified atom stereocenters. The Morgan fingerprint density at radius 1 is 1.30 bits per heavy atom. The monoisotopic (exact) mass is 403 g/mol. The van der Waals surface area contributed by atoms with Crippen LogP contribution in [-0.2, 0) is 24.2 Å². The second-order valence-electron chi connectivity index (χ2n) is 6.75. The first-order valence-corrected chi connectivity index (χ1v) is 11.3. The second kappa shape index (κ2) is 9.38. The molecule has 0 saturated carbocycles. The Bertz CT molecular complexity index is 849. The van der Waals surface area contributed by atoms with E-state index < -0.39 is 0 Å². The minimum Gasteiger partial charge on any atom is -0.316 e. The molecule has 6 nitrogen and oxygen atoms in total. The number of hydrogen-bond donors (Lipinski definition) is 1. The third-order valence-electron chi connectivity index (χ3n) is 4.72. The zero-order valence-electron chi connectivity index (χ0n) is 15.9. The van der Waals surface area contributed by atoms with Crippen molar-refractivity contribution in [1.29, 1.82) is 5.26 Å². The SMILES string of the molecule is CCCn1c(C)nnc1SCC(=O)Nc1sc2c(c1C#N)CCCCCC2. The molecule has 1 amide bonds. The van der Waals surface area contributed by atoms with Crippen molar-refractivity contribution in [3.05, 3.63) is 21.8 Å². The fourth-order valence-electron chi connectivity index (χ4n) is 3.37. The molecule has 0 saturated heterocycles. The molecule has 1 aliphatic carbocycles. The van der Waals surface area contributed by atoms with Crippen LogP contribution < -0.4 is 5.32 Å². The van der Waals surface area contributed by atoms with Gasteiger partial charge < -0.3 is 9.88 Å². The molecule has 0 fully saturated rings. The van der Waals surface area contributed by atoms with Crippen LogP contribution in [0.4, 0.5) is 5.00 Å². The van der Waals surface area contributed by atoms with Gasteiger partial charge in [0.15, 0.2) is 5.16 Å². The second-order valence-corrected chi connectivity index (χ2v) is 8.80. The van der Waals surface area contributed by atoms with E-state index >= 15 is 0 Å². The fourth-order valence-corrected chi connectivity index (χ4v) is 5.43. The van der Waals surface area contributed by atoms with E-state index in [2.05, 4.69) is 28.5 Å². The number of carbonyl (C=O) groups is 1. The highest BCUT2D eigenvalue weighted by Crippen LogP contribution is 2.36. The van der Waals surface area contributed by atoms with Gasteiger partial charge in [-0.1, -0.05) is 31.5 Å². The number of thioether (sulfide) groups is 1. The van der Waals surface area contributed by atoms with Crippen molar-refractivity contribution in [3.63, 3.8) is 0 Å². The average Bonchev–Trinajstić information content (AvgIpc) is 3.14. The van der Waals surface area contributed by atoms with Crippen molar-refractivity contribution in [1.82, 2.24) is 14.8 Å². The summed E-state index contributed by atoms with van der Waals surface area (Å²) in [6.45, 7) is 4.87. The van der Waals surface area contributed by atoms with E-state index in [9.17, 15) is 10.1 Å². The van der Waals surface area contributed by atoms with Crippen LogP contribution in [0.15, 0.2) is 5.16 Å². The highest BCUT2D eigenvalue weighted by atomic mass is 32.2. The molecule has 0 spiro atoms. The summed E-state index contributed by atoms with van der Waals surface area (Å²) in [5, 5.41) is 22.3. The number of carbonyl (C=O) groups excluding carboxylic acids is 1. The van der Waals surface area contributed by atoms with Crippen LogP contribution in [0.5, 0.6) is 0 Å². The Balaban J connectivity index is 1.68. The molecule has 0 atom stereocenters. The first-order valence-electron chi connectivity index (χ1n) is 9.51. The minimum atomic E-state index is -0.102. The summed E-state index contributed by atoms with van der Waals surface area (Å²) in [6.07, 6.45) is 7.69. The van der Waals surface area contributed by atoms with Gasteiger partial charge in [-0.3, -0.25) is 4.79 Å². The smallest absolute Gasteiger partial charge is 0.235 e. The maximum atomic E-state index is 12.5. The standard InChI is InChI=1S/C19H25N5OS2/c1-3-10-24-13(2)22-23-19(24)26-12-17(25)21-18-15(11-20)14-8-6-4-5-7-9-16(14)27-18/h3-10,12H2,1-2H3,(H,21,25). The Labute approximate surface area is 168 Å². The van der Waals surface area contributed by atoms with Crippen LogP contribution in [0.3, 0.4) is 0 Å². The fraction of sp³-hybridized carbons (Fsp3) is 0.579. The highest BCUT2D eigenvalue weighted by molar-refractivity contribution is 7.99. The Morgan fingerprint density at radius 2 is 2.07 bits per heavy atom. The lowest BCUT2D eigenvalue weighted by Crippen LogP contribution is -2.14. The van der Waals surface area contributed by atoms with Crippen molar-refractivity contribution in [2.45, 2.75) is 70.5 Å². The number of nitrogens with one attached hydrogen (secondary N) is 1. The molecule has 3 rings (SSSR count). The van der Waals surface area contributed by atoms with E-state index in [0.717, 1.165) is 55.2 Å². The number of nitriles is 1. The molecule has 1 aliphatic rings. The summed E-state index contributed by atoms with van der Waals surface area (Å²) < 4.78 is 2.04. The van der Waals surface area contributed by atoms with Gasteiger partial charge in [-0.25, -0.2) is 0 Å². The third kappa shape index (κ3) is 4.71. The van der Waals surface area contributed by atoms with Gasteiger partial charge in [0.25, 0.3) is 0 Å². The summed E-state index contributed by atoms with van der Waals surface area (Å²) in [5.41, 5.74) is 1.82. The summed E-state index contributed by atoms with van der Waals surface area (Å²) in [7, 11) is 0. The average molecular weight is 404 g/mol. The molecule has 1 N–H and O–H groups in total. The Kier molecular flexibility index (Phi) is 6.91. The number of anilines is 1. The van der Waals surface area contributed by atoms with Gasteiger partial charge in [-0.05, 0) is 44.6 Å². The molecular weight excluding hydrogens is 378 g/mol. The molecule has 0 aliphatic heterocycles.